The molecule has 3 aliphatic rings. The van der Waals surface area contributed by atoms with Gasteiger partial charge in [-0.3, -0.25) is 4.79 Å². The summed E-state index contributed by atoms with van der Waals surface area (Å²) in [6, 6.07) is 0.847. The zero-order chi connectivity index (χ0) is 13.1. The van der Waals surface area contributed by atoms with Gasteiger partial charge in [0.05, 0.1) is 0 Å². The molecule has 2 aliphatic heterocycles. The molecule has 21 heavy (non-hydrogen) atoms. The SMILES string of the molecule is Cl.Cl.O=C(CC1CCCN1)NC1CCN(CC2CC2)CC1. The highest BCUT2D eigenvalue weighted by atomic mass is 35.5. The fourth-order valence-electron chi connectivity index (χ4n) is 3.37. The van der Waals surface area contributed by atoms with Gasteiger partial charge in [0.2, 0.25) is 5.91 Å². The van der Waals surface area contributed by atoms with Gasteiger partial charge in [0, 0.05) is 38.1 Å². The van der Waals surface area contributed by atoms with Crippen LogP contribution in [0.1, 0.15) is 44.9 Å². The number of hydrogen-bond donors (Lipinski definition) is 2. The van der Waals surface area contributed by atoms with E-state index in [2.05, 4.69) is 15.5 Å². The van der Waals surface area contributed by atoms with Crippen molar-refractivity contribution in [3.63, 3.8) is 0 Å². The largest absolute Gasteiger partial charge is 0.353 e. The molecular weight excluding hydrogens is 309 g/mol. The van der Waals surface area contributed by atoms with Crippen molar-refractivity contribution in [2.24, 2.45) is 5.92 Å². The first kappa shape index (κ1) is 19.0. The maximum atomic E-state index is 12.0. The monoisotopic (exact) mass is 337 g/mol. The molecule has 4 nitrogen and oxygen atoms in total. The van der Waals surface area contributed by atoms with E-state index in [1.165, 1.54) is 38.9 Å². The maximum absolute atomic E-state index is 12.0. The number of likely N-dealkylation sites (tertiary alicyclic amines) is 1. The lowest BCUT2D eigenvalue weighted by molar-refractivity contribution is -0.122. The maximum Gasteiger partial charge on any atom is 0.221 e. The molecule has 0 aromatic rings. The number of carbonyl (C=O) groups is 1. The van der Waals surface area contributed by atoms with Crippen molar-refractivity contribution in [2.75, 3.05) is 26.2 Å². The number of rotatable bonds is 5. The first-order valence-electron chi connectivity index (χ1n) is 8.05. The average Bonchev–Trinajstić information content (AvgIpc) is 3.07. The second-order valence-corrected chi connectivity index (χ2v) is 6.58. The topological polar surface area (TPSA) is 44.4 Å². The smallest absolute Gasteiger partial charge is 0.221 e. The van der Waals surface area contributed by atoms with Crippen molar-refractivity contribution >= 4 is 30.7 Å². The minimum absolute atomic E-state index is 0. The second kappa shape index (κ2) is 9.19. The number of hydrogen-bond acceptors (Lipinski definition) is 3. The molecule has 6 heteroatoms. The molecule has 1 unspecified atom stereocenters. The summed E-state index contributed by atoms with van der Waals surface area (Å²) in [5.74, 6) is 1.24. The van der Waals surface area contributed by atoms with E-state index in [-0.39, 0.29) is 30.7 Å². The van der Waals surface area contributed by atoms with E-state index in [1.807, 2.05) is 0 Å². The Morgan fingerprint density at radius 1 is 1.10 bits per heavy atom. The van der Waals surface area contributed by atoms with Crippen molar-refractivity contribution in [3.05, 3.63) is 0 Å². The highest BCUT2D eigenvalue weighted by molar-refractivity contribution is 5.85. The van der Waals surface area contributed by atoms with Crippen LogP contribution in [0.5, 0.6) is 0 Å². The summed E-state index contributed by atoms with van der Waals surface area (Å²) in [5.41, 5.74) is 0. The number of amides is 1. The van der Waals surface area contributed by atoms with Gasteiger partial charge in [-0.2, -0.15) is 0 Å². The molecule has 2 heterocycles. The van der Waals surface area contributed by atoms with Crippen LogP contribution in [-0.2, 0) is 4.79 Å². The molecule has 1 atom stereocenters. The van der Waals surface area contributed by atoms with E-state index in [4.69, 9.17) is 0 Å². The van der Waals surface area contributed by atoms with E-state index in [0.29, 0.717) is 18.5 Å². The van der Waals surface area contributed by atoms with Crippen LogP contribution in [0.25, 0.3) is 0 Å². The van der Waals surface area contributed by atoms with Crippen LogP contribution < -0.4 is 10.6 Å². The number of carbonyl (C=O) groups excluding carboxylic acids is 1. The minimum Gasteiger partial charge on any atom is -0.353 e. The Labute approximate surface area is 140 Å². The Bertz CT molecular complexity index is 312. The van der Waals surface area contributed by atoms with E-state index in [9.17, 15) is 4.79 Å². The molecule has 0 aromatic heterocycles. The van der Waals surface area contributed by atoms with Gasteiger partial charge in [-0.25, -0.2) is 0 Å². The van der Waals surface area contributed by atoms with Gasteiger partial charge in [-0.05, 0) is 51.0 Å². The van der Waals surface area contributed by atoms with Gasteiger partial charge in [-0.15, -0.1) is 24.8 Å². The summed E-state index contributed by atoms with van der Waals surface area (Å²) in [4.78, 5) is 14.6. The van der Waals surface area contributed by atoms with Crippen LogP contribution in [0, 0.1) is 5.92 Å². The summed E-state index contributed by atoms with van der Waals surface area (Å²) < 4.78 is 0. The van der Waals surface area contributed by atoms with Gasteiger partial charge in [0.25, 0.3) is 0 Å². The quantitative estimate of drug-likeness (QED) is 0.806. The third kappa shape index (κ3) is 6.31. The zero-order valence-corrected chi connectivity index (χ0v) is 14.3. The van der Waals surface area contributed by atoms with E-state index >= 15 is 0 Å². The molecule has 3 fully saturated rings. The summed E-state index contributed by atoms with van der Waals surface area (Å²) in [6.45, 7) is 4.72. The number of nitrogens with zero attached hydrogens (tertiary/aromatic N) is 1. The fraction of sp³-hybridized carbons (Fsp3) is 0.933. The van der Waals surface area contributed by atoms with Crippen molar-refractivity contribution in [3.8, 4) is 0 Å². The summed E-state index contributed by atoms with van der Waals surface area (Å²) >= 11 is 0. The number of halogens is 2. The third-order valence-corrected chi connectivity index (χ3v) is 4.76. The summed E-state index contributed by atoms with van der Waals surface area (Å²) in [6.07, 6.45) is 8.19. The lowest BCUT2D eigenvalue weighted by Crippen LogP contribution is -2.46. The molecule has 1 amide bonds. The molecule has 0 spiro atoms. The van der Waals surface area contributed by atoms with Crippen LogP contribution in [0.2, 0.25) is 0 Å². The van der Waals surface area contributed by atoms with Crippen LogP contribution in [0.3, 0.4) is 0 Å². The molecule has 0 radical (unpaired) electrons. The summed E-state index contributed by atoms with van der Waals surface area (Å²) in [5, 5.41) is 6.62. The lowest BCUT2D eigenvalue weighted by Gasteiger charge is -2.32. The highest BCUT2D eigenvalue weighted by Crippen LogP contribution is 2.30. The lowest BCUT2D eigenvalue weighted by atomic mass is 10.0. The van der Waals surface area contributed by atoms with E-state index in [0.717, 1.165) is 31.7 Å². The normalized spacial score (nSPS) is 26.8. The van der Waals surface area contributed by atoms with Gasteiger partial charge < -0.3 is 15.5 Å². The zero-order valence-electron chi connectivity index (χ0n) is 12.7. The predicted octanol–water partition coefficient (Wildman–Crippen LogP) is 1.96. The Morgan fingerprint density at radius 2 is 1.81 bits per heavy atom. The number of piperidine rings is 1. The number of nitrogens with one attached hydrogen (secondary N) is 2. The second-order valence-electron chi connectivity index (χ2n) is 6.58. The van der Waals surface area contributed by atoms with Crippen LogP contribution in [-0.4, -0.2) is 49.1 Å². The first-order valence-corrected chi connectivity index (χ1v) is 8.05. The summed E-state index contributed by atoms with van der Waals surface area (Å²) in [7, 11) is 0. The van der Waals surface area contributed by atoms with E-state index < -0.39 is 0 Å². The van der Waals surface area contributed by atoms with Crippen molar-refractivity contribution < 1.29 is 4.79 Å². The van der Waals surface area contributed by atoms with Crippen LogP contribution in [0.15, 0.2) is 0 Å². The molecule has 124 valence electrons. The predicted molar refractivity (Wildman–Crippen MR) is 90.5 cm³/mol. The molecule has 1 aliphatic carbocycles. The van der Waals surface area contributed by atoms with Crippen LogP contribution in [0.4, 0.5) is 0 Å². The molecule has 2 saturated heterocycles. The van der Waals surface area contributed by atoms with E-state index in [1.54, 1.807) is 0 Å². The Kier molecular flexibility index (Phi) is 8.32. The van der Waals surface area contributed by atoms with Gasteiger partial charge in [-0.1, -0.05) is 0 Å². The molecule has 0 aromatic carbocycles. The molecule has 0 bridgehead atoms. The Morgan fingerprint density at radius 3 is 2.38 bits per heavy atom. The minimum atomic E-state index is 0. The molecule has 2 N–H and O–H groups in total. The third-order valence-electron chi connectivity index (χ3n) is 4.76. The fourth-order valence-corrected chi connectivity index (χ4v) is 3.37. The first-order chi connectivity index (χ1) is 9.29. The highest BCUT2D eigenvalue weighted by Gasteiger charge is 2.27. The van der Waals surface area contributed by atoms with Crippen molar-refractivity contribution in [2.45, 2.75) is 57.0 Å². The Hall–Kier alpha value is -0.0300. The van der Waals surface area contributed by atoms with Crippen molar-refractivity contribution in [1.29, 1.82) is 0 Å². The average molecular weight is 338 g/mol. The molecule has 3 rings (SSSR count). The van der Waals surface area contributed by atoms with Gasteiger partial charge >= 0.3 is 0 Å². The van der Waals surface area contributed by atoms with Gasteiger partial charge in [0.1, 0.15) is 0 Å². The molecular formula is C15H29Cl2N3O. The van der Waals surface area contributed by atoms with Gasteiger partial charge in [0.15, 0.2) is 0 Å². The van der Waals surface area contributed by atoms with Crippen molar-refractivity contribution in [1.82, 2.24) is 15.5 Å². The van der Waals surface area contributed by atoms with Crippen LogP contribution >= 0.6 is 24.8 Å². The Balaban J connectivity index is 0.00000110. The molecule has 1 saturated carbocycles. The standard InChI is InChI=1S/C15H27N3O.2ClH/c19-15(10-14-2-1-7-16-14)17-13-5-8-18(9-6-13)11-12-3-4-12;;/h12-14,16H,1-11H2,(H,17,19);2*1H.